The Labute approximate surface area is 175 Å². The molecule has 0 saturated heterocycles. The minimum atomic E-state index is -0.250. The van der Waals surface area contributed by atoms with Crippen molar-refractivity contribution in [3.05, 3.63) is 101 Å². The summed E-state index contributed by atoms with van der Waals surface area (Å²) in [6.45, 7) is 6.12. The van der Waals surface area contributed by atoms with Crippen LogP contribution in [0.5, 0.6) is 0 Å². The van der Waals surface area contributed by atoms with Gasteiger partial charge in [-0.25, -0.2) is 4.99 Å². The van der Waals surface area contributed by atoms with E-state index in [9.17, 15) is 4.79 Å². The average molecular weight is 396 g/mol. The molecule has 3 aromatic carbocycles. The SMILES string of the molecule is CCc1ccc(N=c2oc3ccccc3cc2C(=O)Nc2ccc(C)cc2C)cc1. The second kappa shape index (κ2) is 8.37. The third-order valence-corrected chi connectivity index (χ3v) is 5.11. The molecule has 1 N–H and O–H groups in total. The number of amides is 1. The Hall–Kier alpha value is -3.66. The maximum Gasteiger partial charge on any atom is 0.261 e. The van der Waals surface area contributed by atoms with Crippen molar-refractivity contribution in [2.75, 3.05) is 5.32 Å². The molecule has 0 aliphatic rings. The Morgan fingerprint density at radius 2 is 1.73 bits per heavy atom. The normalized spacial score (nSPS) is 11.6. The van der Waals surface area contributed by atoms with E-state index in [1.807, 2.05) is 86.6 Å². The van der Waals surface area contributed by atoms with Crippen LogP contribution in [0.4, 0.5) is 11.4 Å². The Morgan fingerprint density at radius 3 is 2.47 bits per heavy atom. The van der Waals surface area contributed by atoms with E-state index in [2.05, 4.69) is 17.2 Å². The molecule has 4 nitrogen and oxygen atoms in total. The summed E-state index contributed by atoms with van der Waals surface area (Å²) in [5.41, 5.74) is 6.28. The zero-order chi connectivity index (χ0) is 21.1. The van der Waals surface area contributed by atoms with Crippen LogP contribution in [0.15, 0.2) is 82.2 Å². The van der Waals surface area contributed by atoms with Crippen molar-refractivity contribution >= 4 is 28.3 Å². The van der Waals surface area contributed by atoms with Gasteiger partial charge in [0.15, 0.2) is 0 Å². The molecule has 4 rings (SSSR count). The molecule has 0 saturated carbocycles. The molecular weight excluding hydrogens is 372 g/mol. The lowest BCUT2D eigenvalue weighted by molar-refractivity contribution is 0.102. The molecule has 0 fully saturated rings. The number of anilines is 1. The minimum Gasteiger partial charge on any atom is -0.438 e. The third kappa shape index (κ3) is 4.18. The summed E-state index contributed by atoms with van der Waals surface area (Å²) in [5.74, 6) is -0.250. The van der Waals surface area contributed by atoms with Gasteiger partial charge in [-0.3, -0.25) is 4.79 Å². The van der Waals surface area contributed by atoms with Crippen LogP contribution in [0.2, 0.25) is 0 Å². The number of nitrogens with one attached hydrogen (secondary N) is 1. The van der Waals surface area contributed by atoms with E-state index in [-0.39, 0.29) is 5.91 Å². The second-order valence-corrected chi connectivity index (χ2v) is 7.41. The number of hydrogen-bond donors (Lipinski definition) is 1. The molecule has 0 spiro atoms. The number of hydrogen-bond acceptors (Lipinski definition) is 3. The molecule has 0 atom stereocenters. The molecule has 1 aromatic heterocycles. The Bertz CT molecular complexity index is 1280. The first-order valence-electron chi connectivity index (χ1n) is 10.1. The molecule has 4 aromatic rings. The van der Waals surface area contributed by atoms with Crippen LogP contribution in [-0.2, 0) is 6.42 Å². The smallest absolute Gasteiger partial charge is 0.261 e. The number of para-hydroxylation sites is 1. The Balaban J connectivity index is 1.81. The highest BCUT2D eigenvalue weighted by Gasteiger charge is 2.14. The van der Waals surface area contributed by atoms with Crippen LogP contribution >= 0.6 is 0 Å². The van der Waals surface area contributed by atoms with Gasteiger partial charge in [0.2, 0.25) is 5.55 Å². The fraction of sp³-hybridized carbons (Fsp3) is 0.154. The van der Waals surface area contributed by atoms with E-state index < -0.39 is 0 Å². The minimum absolute atomic E-state index is 0.250. The fourth-order valence-corrected chi connectivity index (χ4v) is 3.38. The van der Waals surface area contributed by atoms with E-state index in [4.69, 9.17) is 4.42 Å². The van der Waals surface area contributed by atoms with E-state index in [0.717, 1.165) is 34.3 Å². The van der Waals surface area contributed by atoms with Crippen molar-refractivity contribution in [1.29, 1.82) is 0 Å². The topological polar surface area (TPSA) is 54.6 Å². The number of aryl methyl sites for hydroxylation is 3. The molecule has 30 heavy (non-hydrogen) atoms. The van der Waals surface area contributed by atoms with E-state index in [1.54, 1.807) is 0 Å². The lowest BCUT2D eigenvalue weighted by Crippen LogP contribution is -2.22. The van der Waals surface area contributed by atoms with Crippen LogP contribution in [-0.4, -0.2) is 5.91 Å². The largest absolute Gasteiger partial charge is 0.438 e. The summed E-state index contributed by atoms with van der Waals surface area (Å²) >= 11 is 0. The lowest BCUT2D eigenvalue weighted by Gasteiger charge is -2.10. The van der Waals surface area contributed by atoms with Crippen LogP contribution < -0.4 is 10.9 Å². The highest BCUT2D eigenvalue weighted by Crippen LogP contribution is 2.19. The number of rotatable bonds is 4. The number of fused-ring (bicyclic) bond motifs is 1. The average Bonchev–Trinajstić information content (AvgIpc) is 2.75. The van der Waals surface area contributed by atoms with Crippen LogP contribution in [0.1, 0.15) is 34.0 Å². The highest BCUT2D eigenvalue weighted by atomic mass is 16.3. The first-order chi connectivity index (χ1) is 14.5. The quantitative estimate of drug-likeness (QED) is 0.453. The van der Waals surface area contributed by atoms with Crippen molar-refractivity contribution < 1.29 is 9.21 Å². The van der Waals surface area contributed by atoms with Crippen molar-refractivity contribution in [2.45, 2.75) is 27.2 Å². The first-order valence-corrected chi connectivity index (χ1v) is 10.1. The van der Waals surface area contributed by atoms with Gasteiger partial charge in [0, 0.05) is 11.1 Å². The monoisotopic (exact) mass is 396 g/mol. The molecule has 4 heteroatoms. The van der Waals surface area contributed by atoms with E-state index in [0.29, 0.717) is 16.7 Å². The van der Waals surface area contributed by atoms with Gasteiger partial charge in [-0.15, -0.1) is 0 Å². The molecular formula is C26H24N2O2. The highest BCUT2D eigenvalue weighted by molar-refractivity contribution is 6.05. The molecule has 0 bridgehead atoms. The van der Waals surface area contributed by atoms with Crippen molar-refractivity contribution in [2.24, 2.45) is 4.99 Å². The van der Waals surface area contributed by atoms with Gasteiger partial charge < -0.3 is 9.73 Å². The third-order valence-electron chi connectivity index (χ3n) is 5.11. The molecule has 0 aliphatic carbocycles. The predicted molar refractivity (Wildman–Crippen MR) is 121 cm³/mol. The van der Waals surface area contributed by atoms with Crippen molar-refractivity contribution in [3.63, 3.8) is 0 Å². The Morgan fingerprint density at radius 1 is 0.967 bits per heavy atom. The van der Waals surface area contributed by atoms with Gasteiger partial charge in [0.05, 0.1) is 5.69 Å². The summed E-state index contributed by atoms with van der Waals surface area (Å²) < 4.78 is 6.03. The standard InChI is InChI=1S/C26H24N2O2/c1-4-19-10-12-21(13-11-19)27-26-22(16-20-7-5-6-8-24(20)30-26)25(29)28-23-14-9-17(2)15-18(23)3/h5-16H,4H2,1-3H3,(H,28,29). The van der Waals surface area contributed by atoms with Crippen molar-refractivity contribution in [3.8, 4) is 0 Å². The summed E-state index contributed by atoms with van der Waals surface area (Å²) in [6, 6.07) is 23.3. The van der Waals surface area contributed by atoms with Crippen LogP contribution in [0, 0.1) is 13.8 Å². The van der Waals surface area contributed by atoms with Gasteiger partial charge in [0.1, 0.15) is 11.1 Å². The first kappa shape index (κ1) is 19.6. The number of benzene rings is 3. The van der Waals surface area contributed by atoms with Crippen molar-refractivity contribution in [1.82, 2.24) is 0 Å². The second-order valence-electron chi connectivity index (χ2n) is 7.41. The van der Waals surface area contributed by atoms with Crippen LogP contribution in [0.3, 0.4) is 0 Å². The summed E-state index contributed by atoms with van der Waals surface area (Å²) in [7, 11) is 0. The maximum atomic E-state index is 13.2. The molecule has 1 amide bonds. The van der Waals surface area contributed by atoms with E-state index in [1.165, 1.54) is 5.56 Å². The number of carbonyl (C=O) groups excluding carboxylic acids is 1. The van der Waals surface area contributed by atoms with Gasteiger partial charge >= 0.3 is 0 Å². The van der Waals surface area contributed by atoms with E-state index >= 15 is 0 Å². The predicted octanol–water partition coefficient (Wildman–Crippen LogP) is 6.10. The number of nitrogens with zero attached hydrogens (tertiary/aromatic N) is 1. The fourth-order valence-electron chi connectivity index (χ4n) is 3.38. The van der Waals surface area contributed by atoms with Gasteiger partial charge in [-0.05, 0) is 61.7 Å². The Kier molecular flexibility index (Phi) is 5.48. The zero-order valence-electron chi connectivity index (χ0n) is 17.4. The molecule has 0 unspecified atom stereocenters. The molecule has 0 radical (unpaired) electrons. The lowest BCUT2D eigenvalue weighted by atomic mass is 10.1. The summed E-state index contributed by atoms with van der Waals surface area (Å²) in [6.07, 6.45) is 0.962. The summed E-state index contributed by atoms with van der Waals surface area (Å²) in [4.78, 5) is 17.8. The zero-order valence-corrected chi connectivity index (χ0v) is 17.4. The van der Waals surface area contributed by atoms with Gasteiger partial charge in [0.25, 0.3) is 5.91 Å². The van der Waals surface area contributed by atoms with Gasteiger partial charge in [-0.2, -0.15) is 0 Å². The maximum absolute atomic E-state index is 13.2. The molecule has 150 valence electrons. The summed E-state index contributed by atoms with van der Waals surface area (Å²) in [5, 5.41) is 3.85. The van der Waals surface area contributed by atoms with Crippen LogP contribution in [0.25, 0.3) is 11.0 Å². The number of carbonyl (C=O) groups is 1. The molecule has 1 heterocycles. The van der Waals surface area contributed by atoms with Gasteiger partial charge in [-0.1, -0.05) is 55.0 Å². The molecule has 0 aliphatic heterocycles.